The first kappa shape index (κ1) is 20.0. The molecule has 1 atom stereocenters. The van der Waals surface area contributed by atoms with Crippen molar-refractivity contribution in [3.05, 3.63) is 107 Å². The topological polar surface area (TPSA) is 49.4 Å². The fraction of sp³-hybridized carbons (Fsp3) is 0.231. The number of likely N-dealkylation sites (tertiary alicyclic amines) is 1. The van der Waals surface area contributed by atoms with Gasteiger partial charge in [-0.2, -0.15) is 0 Å². The second kappa shape index (κ2) is 9.51. The fourth-order valence-corrected chi connectivity index (χ4v) is 4.09. The maximum atomic E-state index is 13.1. The first-order valence-electron chi connectivity index (χ1n) is 10.5. The Hall–Kier alpha value is -3.24. The largest absolute Gasteiger partial charge is 0.350 e. The summed E-state index contributed by atoms with van der Waals surface area (Å²) in [5.74, 6) is -0.351. The normalized spacial score (nSPS) is 14.9. The Morgan fingerprint density at radius 3 is 2.00 bits per heavy atom. The quantitative estimate of drug-likeness (QED) is 0.597. The van der Waals surface area contributed by atoms with E-state index in [4.69, 9.17) is 0 Å². The van der Waals surface area contributed by atoms with E-state index in [-0.39, 0.29) is 17.7 Å². The van der Waals surface area contributed by atoms with Crippen LogP contribution in [0, 0.1) is 0 Å². The molecule has 1 aliphatic heterocycles. The number of hydrogen-bond donors (Lipinski definition) is 1. The molecule has 1 unspecified atom stereocenters. The van der Waals surface area contributed by atoms with E-state index in [1.807, 2.05) is 36.4 Å². The average molecular weight is 399 g/mol. The van der Waals surface area contributed by atoms with Crippen LogP contribution in [0.5, 0.6) is 0 Å². The second-order valence-electron chi connectivity index (χ2n) is 7.62. The van der Waals surface area contributed by atoms with Gasteiger partial charge in [0.2, 0.25) is 0 Å². The van der Waals surface area contributed by atoms with Gasteiger partial charge in [0.15, 0.2) is 5.78 Å². The molecular formula is C26H26N2O2. The predicted molar refractivity (Wildman–Crippen MR) is 119 cm³/mol. The summed E-state index contributed by atoms with van der Waals surface area (Å²) in [7, 11) is 0. The van der Waals surface area contributed by atoms with E-state index in [9.17, 15) is 9.59 Å². The third kappa shape index (κ3) is 4.50. The van der Waals surface area contributed by atoms with E-state index in [0.717, 1.165) is 13.1 Å². The van der Waals surface area contributed by atoms with Crippen molar-refractivity contribution >= 4 is 11.7 Å². The number of rotatable bonds is 7. The van der Waals surface area contributed by atoms with Crippen LogP contribution >= 0.6 is 0 Å². The minimum atomic E-state index is -0.213. The van der Waals surface area contributed by atoms with Crippen molar-refractivity contribution in [1.29, 1.82) is 0 Å². The van der Waals surface area contributed by atoms with Crippen molar-refractivity contribution < 1.29 is 9.59 Å². The Kier molecular flexibility index (Phi) is 6.35. The zero-order valence-corrected chi connectivity index (χ0v) is 17.0. The van der Waals surface area contributed by atoms with E-state index in [2.05, 4.69) is 22.3 Å². The van der Waals surface area contributed by atoms with Gasteiger partial charge in [-0.25, -0.2) is 0 Å². The number of ketones is 1. The lowest BCUT2D eigenvalue weighted by Crippen LogP contribution is -2.37. The molecule has 0 bridgehead atoms. The summed E-state index contributed by atoms with van der Waals surface area (Å²) in [6.07, 6.45) is 2.37. The molecule has 0 aliphatic carbocycles. The average Bonchev–Trinajstić information content (AvgIpc) is 3.34. The first-order chi connectivity index (χ1) is 14.7. The van der Waals surface area contributed by atoms with Crippen molar-refractivity contribution in [3.8, 4) is 0 Å². The van der Waals surface area contributed by atoms with Gasteiger partial charge in [0.1, 0.15) is 0 Å². The van der Waals surface area contributed by atoms with Crippen LogP contribution in [0.25, 0.3) is 0 Å². The maximum Gasteiger partial charge on any atom is 0.252 e. The summed E-state index contributed by atoms with van der Waals surface area (Å²) in [6.45, 7) is 2.59. The standard InChI is InChI=1S/C26H26N2O2/c29-25(21-13-5-2-6-14-21)22-15-7-8-16-23(22)26(30)27-19-24(28-17-9-10-18-28)20-11-3-1-4-12-20/h1-8,11-16,24H,9-10,17-19H2,(H,27,30). The zero-order valence-electron chi connectivity index (χ0n) is 17.0. The van der Waals surface area contributed by atoms with Gasteiger partial charge in [0.05, 0.1) is 11.6 Å². The highest BCUT2D eigenvalue weighted by molar-refractivity contribution is 6.15. The number of carbonyl (C=O) groups excluding carboxylic acids is 2. The third-order valence-electron chi connectivity index (χ3n) is 5.67. The monoisotopic (exact) mass is 398 g/mol. The van der Waals surface area contributed by atoms with Gasteiger partial charge in [0, 0.05) is 17.7 Å². The van der Waals surface area contributed by atoms with Gasteiger partial charge in [-0.3, -0.25) is 14.5 Å². The molecule has 152 valence electrons. The van der Waals surface area contributed by atoms with Crippen LogP contribution in [0.3, 0.4) is 0 Å². The Morgan fingerprint density at radius 1 is 0.767 bits per heavy atom. The molecule has 1 saturated heterocycles. The summed E-state index contributed by atoms with van der Waals surface area (Å²) in [4.78, 5) is 28.4. The molecular weight excluding hydrogens is 372 g/mol. The molecule has 3 aromatic carbocycles. The molecule has 1 heterocycles. The highest BCUT2D eigenvalue weighted by Crippen LogP contribution is 2.24. The van der Waals surface area contributed by atoms with Gasteiger partial charge in [0.25, 0.3) is 5.91 Å². The number of amides is 1. The number of hydrogen-bond acceptors (Lipinski definition) is 3. The van der Waals surface area contributed by atoms with Crippen LogP contribution in [0.2, 0.25) is 0 Å². The number of benzene rings is 3. The Labute approximate surface area is 177 Å². The summed E-state index contributed by atoms with van der Waals surface area (Å²) >= 11 is 0. The lowest BCUT2D eigenvalue weighted by atomic mass is 9.97. The second-order valence-corrected chi connectivity index (χ2v) is 7.62. The highest BCUT2D eigenvalue weighted by atomic mass is 16.2. The first-order valence-corrected chi connectivity index (χ1v) is 10.5. The summed E-state index contributed by atoms with van der Waals surface area (Å²) in [5.41, 5.74) is 2.63. The van der Waals surface area contributed by atoms with E-state index in [1.165, 1.54) is 18.4 Å². The molecule has 1 fully saturated rings. The fourth-order valence-electron chi connectivity index (χ4n) is 4.09. The van der Waals surface area contributed by atoms with Gasteiger partial charge in [-0.1, -0.05) is 78.9 Å². The number of carbonyl (C=O) groups is 2. The van der Waals surface area contributed by atoms with Crippen molar-refractivity contribution in [1.82, 2.24) is 10.2 Å². The van der Waals surface area contributed by atoms with E-state index in [1.54, 1.807) is 36.4 Å². The predicted octanol–water partition coefficient (Wildman–Crippen LogP) is 4.48. The smallest absolute Gasteiger partial charge is 0.252 e. The molecule has 3 aromatic rings. The lowest BCUT2D eigenvalue weighted by molar-refractivity contribution is 0.0928. The van der Waals surface area contributed by atoms with Crippen LogP contribution in [0.1, 0.15) is 50.7 Å². The highest BCUT2D eigenvalue weighted by Gasteiger charge is 2.25. The third-order valence-corrected chi connectivity index (χ3v) is 5.67. The van der Waals surface area contributed by atoms with Crippen LogP contribution in [-0.4, -0.2) is 36.2 Å². The molecule has 0 saturated carbocycles. The van der Waals surface area contributed by atoms with Gasteiger partial charge >= 0.3 is 0 Å². The minimum Gasteiger partial charge on any atom is -0.350 e. The molecule has 0 spiro atoms. The maximum absolute atomic E-state index is 13.1. The minimum absolute atomic E-state index is 0.134. The van der Waals surface area contributed by atoms with Crippen molar-refractivity contribution in [3.63, 3.8) is 0 Å². The molecule has 4 nitrogen and oxygen atoms in total. The van der Waals surface area contributed by atoms with E-state index in [0.29, 0.717) is 23.2 Å². The lowest BCUT2D eigenvalue weighted by Gasteiger charge is -2.28. The number of nitrogens with zero attached hydrogens (tertiary/aromatic N) is 1. The Balaban J connectivity index is 1.53. The van der Waals surface area contributed by atoms with Crippen LogP contribution < -0.4 is 5.32 Å². The van der Waals surface area contributed by atoms with Gasteiger partial charge in [-0.15, -0.1) is 0 Å². The molecule has 1 amide bonds. The zero-order chi connectivity index (χ0) is 20.8. The molecule has 1 N–H and O–H groups in total. The number of nitrogens with one attached hydrogen (secondary N) is 1. The van der Waals surface area contributed by atoms with Gasteiger partial charge < -0.3 is 5.32 Å². The Morgan fingerprint density at radius 2 is 1.33 bits per heavy atom. The summed E-state index contributed by atoms with van der Waals surface area (Å²) < 4.78 is 0. The molecule has 1 aliphatic rings. The SMILES string of the molecule is O=C(NCC(c1ccccc1)N1CCCC1)c1ccccc1C(=O)c1ccccc1. The van der Waals surface area contributed by atoms with Crippen molar-refractivity contribution in [2.45, 2.75) is 18.9 Å². The molecule has 0 radical (unpaired) electrons. The van der Waals surface area contributed by atoms with Crippen LogP contribution in [0.4, 0.5) is 0 Å². The summed E-state index contributed by atoms with van der Waals surface area (Å²) in [5, 5.41) is 3.09. The van der Waals surface area contributed by atoms with Crippen LogP contribution in [-0.2, 0) is 0 Å². The molecule has 4 rings (SSSR count). The summed E-state index contributed by atoms with van der Waals surface area (Å²) in [6, 6.07) is 26.6. The molecule has 4 heteroatoms. The van der Waals surface area contributed by atoms with Crippen molar-refractivity contribution in [2.24, 2.45) is 0 Å². The van der Waals surface area contributed by atoms with E-state index < -0.39 is 0 Å². The van der Waals surface area contributed by atoms with Crippen LogP contribution in [0.15, 0.2) is 84.9 Å². The Bertz CT molecular complexity index is 996. The van der Waals surface area contributed by atoms with E-state index >= 15 is 0 Å². The molecule has 0 aromatic heterocycles. The molecule has 30 heavy (non-hydrogen) atoms. The van der Waals surface area contributed by atoms with Gasteiger partial charge in [-0.05, 0) is 37.6 Å². The van der Waals surface area contributed by atoms with Crippen molar-refractivity contribution in [2.75, 3.05) is 19.6 Å².